The predicted octanol–water partition coefficient (Wildman–Crippen LogP) is 5.60. The number of para-hydroxylation sites is 1. The van der Waals surface area contributed by atoms with Crippen LogP contribution in [0.2, 0.25) is 10.4 Å². The minimum atomic E-state index is 0.139. The zero-order valence-corrected chi connectivity index (χ0v) is 13.4. The zero-order chi connectivity index (χ0) is 15.8. The summed E-state index contributed by atoms with van der Waals surface area (Å²) in [6, 6.07) is 18.2. The van der Waals surface area contributed by atoms with Crippen molar-refractivity contribution in [3.63, 3.8) is 0 Å². The van der Waals surface area contributed by atoms with Gasteiger partial charge < -0.3 is 4.98 Å². The highest BCUT2D eigenvalue weighted by atomic mass is 35.5. The summed E-state index contributed by atoms with van der Waals surface area (Å²) in [6.07, 6.45) is 1.67. The molecule has 0 unspecified atom stereocenters. The van der Waals surface area contributed by atoms with Gasteiger partial charge in [-0.25, -0.2) is 9.97 Å². The van der Waals surface area contributed by atoms with Crippen LogP contribution in [0.3, 0.4) is 0 Å². The van der Waals surface area contributed by atoms with E-state index >= 15 is 0 Å². The first kappa shape index (κ1) is 14.2. The number of halogens is 2. The first-order chi connectivity index (χ1) is 11.2. The van der Waals surface area contributed by atoms with Crippen molar-refractivity contribution in [1.29, 1.82) is 0 Å². The Hall–Kier alpha value is -2.36. The number of H-pyrrole nitrogens is 1. The smallest absolute Gasteiger partial charge is 0.223 e. The molecule has 0 aliphatic carbocycles. The summed E-state index contributed by atoms with van der Waals surface area (Å²) < 4.78 is 0. The minimum absolute atomic E-state index is 0.139. The summed E-state index contributed by atoms with van der Waals surface area (Å²) in [5, 5.41) is 1.55. The lowest BCUT2D eigenvalue weighted by Crippen LogP contribution is -1.89. The van der Waals surface area contributed by atoms with Gasteiger partial charge in [-0.2, -0.15) is 0 Å². The van der Waals surface area contributed by atoms with Crippen molar-refractivity contribution in [3.8, 4) is 22.4 Å². The summed E-state index contributed by atoms with van der Waals surface area (Å²) in [6.45, 7) is 0. The topological polar surface area (TPSA) is 41.6 Å². The van der Waals surface area contributed by atoms with Crippen LogP contribution in [-0.4, -0.2) is 15.0 Å². The van der Waals surface area contributed by atoms with Crippen molar-refractivity contribution in [2.45, 2.75) is 0 Å². The number of fused-ring (bicyclic) bond motifs is 1. The molecule has 4 rings (SSSR count). The van der Waals surface area contributed by atoms with Gasteiger partial charge in [-0.1, -0.05) is 60.1 Å². The number of aromatic nitrogens is 3. The average molecular weight is 340 g/mol. The molecule has 2 aromatic carbocycles. The maximum atomic E-state index is 6.33. The van der Waals surface area contributed by atoms with E-state index < -0.39 is 0 Å². The van der Waals surface area contributed by atoms with Crippen LogP contribution in [0.1, 0.15) is 0 Å². The molecular formula is C18H11Cl2N3. The largest absolute Gasteiger partial charge is 0.354 e. The van der Waals surface area contributed by atoms with Gasteiger partial charge in [-0.3, -0.25) is 0 Å². The summed E-state index contributed by atoms with van der Waals surface area (Å²) >= 11 is 12.2. The molecule has 1 N–H and O–H groups in total. The molecule has 0 saturated heterocycles. The molecule has 0 saturated carbocycles. The summed E-state index contributed by atoms with van der Waals surface area (Å²) in [7, 11) is 0. The Bertz CT molecular complexity index is 994. The Morgan fingerprint density at radius 3 is 2.39 bits per heavy atom. The van der Waals surface area contributed by atoms with E-state index in [0.29, 0.717) is 5.15 Å². The van der Waals surface area contributed by atoms with Crippen LogP contribution >= 0.6 is 23.2 Å². The van der Waals surface area contributed by atoms with Crippen molar-refractivity contribution < 1.29 is 0 Å². The highest BCUT2D eigenvalue weighted by Gasteiger charge is 2.18. The van der Waals surface area contributed by atoms with Gasteiger partial charge in [0.2, 0.25) is 5.28 Å². The maximum absolute atomic E-state index is 6.33. The SMILES string of the molecule is Clc1ncc(-c2c(-c3ccccc3)[nH]c3ccccc23)c(Cl)n1. The van der Waals surface area contributed by atoms with E-state index in [2.05, 4.69) is 33.2 Å². The first-order valence-corrected chi connectivity index (χ1v) is 7.84. The van der Waals surface area contributed by atoms with Gasteiger partial charge >= 0.3 is 0 Å². The van der Waals surface area contributed by atoms with Crippen LogP contribution < -0.4 is 0 Å². The molecular weight excluding hydrogens is 329 g/mol. The fraction of sp³-hybridized carbons (Fsp3) is 0. The van der Waals surface area contributed by atoms with Crippen LogP contribution in [0.25, 0.3) is 33.3 Å². The van der Waals surface area contributed by atoms with Gasteiger partial charge in [-0.05, 0) is 23.2 Å². The van der Waals surface area contributed by atoms with E-state index in [1.165, 1.54) is 0 Å². The van der Waals surface area contributed by atoms with Gasteiger partial charge in [0.25, 0.3) is 0 Å². The van der Waals surface area contributed by atoms with Crippen molar-refractivity contribution in [2.75, 3.05) is 0 Å². The highest BCUT2D eigenvalue weighted by Crippen LogP contribution is 2.40. The molecule has 0 amide bonds. The molecule has 0 spiro atoms. The molecule has 23 heavy (non-hydrogen) atoms. The fourth-order valence-corrected chi connectivity index (χ4v) is 3.15. The number of aromatic amines is 1. The molecule has 0 atom stereocenters. The number of benzene rings is 2. The third kappa shape index (κ3) is 2.48. The molecule has 4 aromatic rings. The van der Waals surface area contributed by atoms with Gasteiger partial charge in [0, 0.05) is 28.2 Å². The Kier molecular flexibility index (Phi) is 3.52. The summed E-state index contributed by atoms with van der Waals surface area (Å²) in [5.41, 5.74) is 4.83. The second-order valence-electron chi connectivity index (χ2n) is 5.13. The van der Waals surface area contributed by atoms with Crippen molar-refractivity contribution >= 4 is 34.1 Å². The predicted molar refractivity (Wildman–Crippen MR) is 94.8 cm³/mol. The Balaban J connectivity index is 2.08. The number of nitrogens with zero attached hydrogens (tertiary/aromatic N) is 2. The Morgan fingerprint density at radius 1 is 0.870 bits per heavy atom. The molecule has 2 aromatic heterocycles. The van der Waals surface area contributed by atoms with E-state index in [1.54, 1.807) is 6.20 Å². The third-order valence-electron chi connectivity index (χ3n) is 3.75. The van der Waals surface area contributed by atoms with Gasteiger partial charge in [-0.15, -0.1) is 0 Å². The lowest BCUT2D eigenvalue weighted by molar-refractivity contribution is 1.17. The molecule has 0 radical (unpaired) electrons. The standard InChI is InChI=1S/C18H11Cl2N3/c19-17-13(10-21-18(20)23-17)15-12-8-4-5-9-14(12)22-16(15)11-6-2-1-3-7-11/h1-10,22H. The second-order valence-corrected chi connectivity index (χ2v) is 5.83. The molecule has 0 bridgehead atoms. The van der Waals surface area contributed by atoms with E-state index in [1.807, 2.05) is 36.4 Å². The normalized spacial score (nSPS) is 11.0. The minimum Gasteiger partial charge on any atom is -0.354 e. The molecule has 0 aliphatic heterocycles. The second kappa shape index (κ2) is 5.69. The molecule has 5 heteroatoms. The molecule has 112 valence electrons. The summed E-state index contributed by atoms with van der Waals surface area (Å²) in [5.74, 6) is 0. The summed E-state index contributed by atoms with van der Waals surface area (Å²) in [4.78, 5) is 11.6. The van der Waals surface area contributed by atoms with Crippen molar-refractivity contribution in [1.82, 2.24) is 15.0 Å². The van der Waals surface area contributed by atoms with Crippen LogP contribution in [0.4, 0.5) is 0 Å². The van der Waals surface area contributed by atoms with E-state index in [4.69, 9.17) is 23.2 Å². The van der Waals surface area contributed by atoms with E-state index in [9.17, 15) is 0 Å². The first-order valence-electron chi connectivity index (χ1n) is 7.08. The number of hydrogen-bond donors (Lipinski definition) is 1. The van der Waals surface area contributed by atoms with Gasteiger partial charge in [0.15, 0.2) is 0 Å². The fourth-order valence-electron chi connectivity index (χ4n) is 2.75. The third-order valence-corrected chi connectivity index (χ3v) is 4.22. The van der Waals surface area contributed by atoms with Crippen LogP contribution in [0.5, 0.6) is 0 Å². The monoisotopic (exact) mass is 339 g/mol. The van der Waals surface area contributed by atoms with Crippen LogP contribution in [-0.2, 0) is 0 Å². The highest BCUT2D eigenvalue weighted by molar-refractivity contribution is 6.34. The van der Waals surface area contributed by atoms with E-state index in [0.717, 1.165) is 33.3 Å². The molecule has 0 aliphatic rings. The van der Waals surface area contributed by atoms with Crippen LogP contribution in [0, 0.1) is 0 Å². The number of rotatable bonds is 2. The number of nitrogens with one attached hydrogen (secondary N) is 1. The van der Waals surface area contributed by atoms with Crippen LogP contribution in [0.15, 0.2) is 60.8 Å². The molecule has 0 fully saturated rings. The Labute approximate surface area is 142 Å². The maximum Gasteiger partial charge on any atom is 0.223 e. The van der Waals surface area contributed by atoms with Crippen molar-refractivity contribution in [2.24, 2.45) is 0 Å². The lowest BCUT2D eigenvalue weighted by atomic mass is 10.0. The quantitative estimate of drug-likeness (QED) is 0.381. The molecule has 3 nitrogen and oxygen atoms in total. The zero-order valence-electron chi connectivity index (χ0n) is 11.9. The van der Waals surface area contributed by atoms with Gasteiger partial charge in [0.05, 0.1) is 5.69 Å². The molecule has 2 heterocycles. The lowest BCUT2D eigenvalue weighted by Gasteiger charge is -2.07. The Morgan fingerprint density at radius 2 is 1.61 bits per heavy atom. The average Bonchev–Trinajstić information content (AvgIpc) is 2.95. The van der Waals surface area contributed by atoms with Gasteiger partial charge in [0.1, 0.15) is 5.15 Å². The van der Waals surface area contributed by atoms with Crippen molar-refractivity contribution in [3.05, 3.63) is 71.2 Å². The number of hydrogen-bond acceptors (Lipinski definition) is 2. The van der Waals surface area contributed by atoms with E-state index in [-0.39, 0.29) is 5.28 Å².